The maximum atomic E-state index is 13.5. The fourth-order valence-corrected chi connectivity index (χ4v) is 5.91. The van der Waals surface area contributed by atoms with Crippen LogP contribution in [0, 0.1) is 0 Å². The van der Waals surface area contributed by atoms with Crippen LogP contribution in [-0.2, 0) is 23.9 Å². The highest BCUT2D eigenvalue weighted by Crippen LogP contribution is 2.42. The van der Waals surface area contributed by atoms with E-state index in [-0.39, 0.29) is 27.8 Å². The molecule has 2 aromatic rings. The van der Waals surface area contributed by atoms with E-state index in [4.69, 9.17) is 4.74 Å². The van der Waals surface area contributed by atoms with Gasteiger partial charge >= 0.3 is 5.97 Å². The number of thioether (sulfide) groups is 2. The van der Waals surface area contributed by atoms with Gasteiger partial charge in [0.25, 0.3) is 5.91 Å². The Morgan fingerprint density at radius 1 is 1.15 bits per heavy atom. The molecule has 2 aliphatic heterocycles. The lowest BCUT2D eigenvalue weighted by atomic mass is 10.0. The highest BCUT2D eigenvalue weighted by Gasteiger charge is 2.54. The van der Waals surface area contributed by atoms with Crippen LogP contribution in [-0.4, -0.2) is 51.2 Å². The van der Waals surface area contributed by atoms with Gasteiger partial charge in [0.15, 0.2) is 11.2 Å². The summed E-state index contributed by atoms with van der Waals surface area (Å²) in [5.41, 5.74) is 2.43. The molecular weight excluding hydrogens is 460 g/mol. The van der Waals surface area contributed by atoms with Crippen molar-refractivity contribution in [1.82, 2.24) is 10.2 Å². The molecule has 2 aliphatic rings. The van der Waals surface area contributed by atoms with Crippen LogP contribution in [0.25, 0.3) is 0 Å². The molecule has 9 heteroatoms. The van der Waals surface area contributed by atoms with Gasteiger partial charge in [0, 0.05) is 18.4 Å². The minimum Gasteiger partial charge on any atom is -0.448 e. The molecule has 2 aromatic carbocycles. The van der Waals surface area contributed by atoms with Crippen LogP contribution in [0.3, 0.4) is 0 Å². The molecule has 0 aromatic heterocycles. The summed E-state index contributed by atoms with van der Waals surface area (Å²) in [6.45, 7) is 1.46. The second kappa shape index (κ2) is 10.3. The number of β-lactam (4-membered cyclic amide) rings is 1. The highest BCUT2D eigenvalue weighted by molar-refractivity contribution is 8.13. The Hall–Kier alpha value is -3.04. The molecule has 0 radical (unpaired) electrons. The number of carbonyl (C=O) groups excluding carboxylic acids is 4. The number of hydrogen-bond donors (Lipinski definition) is 1. The maximum Gasteiger partial charge on any atom is 0.356 e. The van der Waals surface area contributed by atoms with E-state index >= 15 is 0 Å². The van der Waals surface area contributed by atoms with Gasteiger partial charge in [-0.25, -0.2) is 4.79 Å². The van der Waals surface area contributed by atoms with Gasteiger partial charge in [0.2, 0.25) is 6.41 Å². The highest BCUT2D eigenvalue weighted by atomic mass is 32.2. The second-order valence-electron chi connectivity index (χ2n) is 7.51. The third-order valence-electron chi connectivity index (χ3n) is 5.37. The summed E-state index contributed by atoms with van der Waals surface area (Å²) < 4.78 is 6.01. The fraction of sp³-hybridized carbons (Fsp3) is 0.250. The molecule has 2 heterocycles. The van der Waals surface area contributed by atoms with Crippen molar-refractivity contribution in [2.45, 2.75) is 24.4 Å². The molecule has 7 nitrogen and oxygen atoms in total. The lowest BCUT2D eigenvalue weighted by molar-refractivity contribution is -0.154. The van der Waals surface area contributed by atoms with Gasteiger partial charge in [-0.3, -0.25) is 19.3 Å². The van der Waals surface area contributed by atoms with E-state index in [2.05, 4.69) is 5.32 Å². The van der Waals surface area contributed by atoms with Crippen molar-refractivity contribution in [3.8, 4) is 0 Å². The molecule has 1 fully saturated rings. The first-order valence-corrected chi connectivity index (χ1v) is 12.4. The molecule has 170 valence electrons. The first-order valence-electron chi connectivity index (χ1n) is 10.3. The van der Waals surface area contributed by atoms with Crippen LogP contribution in [0.4, 0.5) is 0 Å². The monoisotopic (exact) mass is 482 g/mol. The van der Waals surface area contributed by atoms with E-state index in [0.29, 0.717) is 17.7 Å². The molecule has 1 saturated heterocycles. The van der Waals surface area contributed by atoms with E-state index in [9.17, 15) is 19.2 Å². The standard InChI is InChI=1S/C24H22N2O5S2/c1-15(28)32-12-18-13-33-23-19(25-14-27)22(29)26(23)20(18)24(30)31-21(16-8-4-2-5-9-16)17-10-6-3-7-11-17/h2-11,14,19,21,23H,12-13H2,1H3,(H,25,27)/t19-,23+/m1/s1. The Balaban J connectivity index is 1.68. The van der Waals surface area contributed by atoms with Crippen molar-refractivity contribution in [1.29, 1.82) is 0 Å². The number of hydrogen-bond acceptors (Lipinski definition) is 7. The van der Waals surface area contributed by atoms with Crippen LogP contribution < -0.4 is 5.32 Å². The zero-order chi connectivity index (χ0) is 23.4. The van der Waals surface area contributed by atoms with Crippen LogP contribution in [0.15, 0.2) is 71.9 Å². The molecule has 33 heavy (non-hydrogen) atoms. The summed E-state index contributed by atoms with van der Waals surface area (Å²) in [6, 6.07) is 18.1. The number of nitrogens with one attached hydrogen (secondary N) is 1. The van der Waals surface area contributed by atoms with Gasteiger partial charge in [0.05, 0.1) is 0 Å². The minimum absolute atomic E-state index is 0.0794. The summed E-state index contributed by atoms with van der Waals surface area (Å²) >= 11 is 2.53. The Kier molecular flexibility index (Phi) is 7.20. The van der Waals surface area contributed by atoms with Crippen LogP contribution in [0.1, 0.15) is 24.2 Å². The minimum atomic E-state index is -0.684. The van der Waals surface area contributed by atoms with Gasteiger partial charge in [-0.05, 0) is 16.7 Å². The Morgan fingerprint density at radius 3 is 2.30 bits per heavy atom. The van der Waals surface area contributed by atoms with Crippen molar-refractivity contribution in [2.75, 3.05) is 11.5 Å². The zero-order valence-electron chi connectivity index (χ0n) is 17.8. The van der Waals surface area contributed by atoms with E-state index in [1.165, 1.54) is 23.6 Å². The van der Waals surface area contributed by atoms with Crippen molar-refractivity contribution in [2.24, 2.45) is 0 Å². The van der Waals surface area contributed by atoms with E-state index < -0.39 is 18.1 Å². The predicted octanol–water partition coefficient (Wildman–Crippen LogP) is 2.88. The number of carbonyl (C=O) groups is 4. The summed E-state index contributed by atoms with van der Waals surface area (Å²) in [4.78, 5) is 50.2. The summed E-state index contributed by atoms with van der Waals surface area (Å²) in [5, 5.41) is 2.06. The number of rotatable bonds is 8. The molecule has 4 rings (SSSR count). The Bertz CT molecular complexity index is 1050. The number of ether oxygens (including phenoxy) is 1. The summed E-state index contributed by atoms with van der Waals surface area (Å²) in [6.07, 6.45) is -0.174. The van der Waals surface area contributed by atoms with Gasteiger partial charge in [-0.2, -0.15) is 0 Å². The summed E-state index contributed by atoms with van der Waals surface area (Å²) in [5.74, 6) is -0.254. The smallest absolute Gasteiger partial charge is 0.356 e. The third-order valence-corrected chi connectivity index (χ3v) is 7.61. The molecule has 0 spiro atoms. The predicted molar refractivity (Wildman–Crippen MR) is 127 cm³/mol. The van der Waals surface area contributed by atoms with Gasteiger partial charge in [-0.15, -0.1) is 11.8 Å². The molecule has 0 bridgehead atoms. The summed E-state index contributed by atoms with van der Waals surface area (Å²) in [7, 11) is 0. The van der Waals surface area contributed by atoms with Crippen LogP contribution in [0.5, 0.6) is 0 Å². The van der Waals surface area contributed by atoms with E-state index in [1.807, 2.05) is 60.7 Å². The third kappa shape index (κ3) is 4.84. The molecule has 0 saturated carbocycles. The molecule has 2 amide bonds. The lowest BCUT2D eigenvalue weighted by Gasteiger charge is -2.49. The van der Waals surface area contributed by atoms with Crippen molar-refractivity contribution < 1.29 is 23.9 Å². The molecule has 1 N–H and O–H groups in total. The lowest BCUT2D eigenvalue weighted by Crippen LogP contribution is -2.69. The average Bonchev–Trinajstić information content (AvgIpc) is 2.84. The number of nitrogens with zero attached hydrogens (tertiary/aromatic N) is 1. The van der Waals surface area contributed by atoms with Gasteiger partial charge in [0.1, 0.15) is 17.1 Å². The number of esters is 1. The van der Waals surface area contributed by atoms with E-state index in [1.54, 1.807) is 0 Å². The van der Waals surface area contributed by atoms with Gasteiger partial charge < -0.3 is 10.1 Å². The van der Waals surface area contributed by atoms with E-state index in [0.717, 1.165) is 22.9 Å². The first-order chi connectivity index (χ1) is 16.0. The number of benzene rings is 2. The quantitative estimate of drug-likeness (QED) is 0.351. The van der Waals surface area contributed by atoms with Crippen molar-refractivity contribution in [3.05, 3.63) is 83.1 Å². The molecule has 0 unspecified atom stereocenters. The Labute approximate surface area is 199 Å². The topological polar surface area (TPSA) is 92.8 Å². The molecule has 2 atom stereocenters. The largest absolute Gasteiger partial charge is 0.448 e. The molecular formula is C24H22N2O5S2. The van der Waals surface area contributed by atoms with Crippen molar-refractivity contribution in [3.63, 3.8) is 0 Å². The second-order valence-corrected chi connectivity index (χ2v) is 9.77. The first kappa shape index (κ1) is 23.1. The van der Waals surface area contributed by atoms with Crippen molar-refractivity contribution >= 4 is 46.9 Å². The zero-order valence-corrected chi connectivity index (χ0v) is 19.4. The number of fused-ring (bicyclic) bond motifs is 1. The number of amides is 2. The SMILES string of the molecule is CC(=O)SCC1=C(C(=O)OC(c2ccccc2)c2ccccc2)N2C(=O)[C@@H](NC=O)[C@@H]2SC1. The maximum absolute atomic E-state index is 13.5. The fourth-order valence-electron chi connectivity index (χ4n) is 3.81. The van der Waals surface area contributed by atoms with Crippen LogP contribution >= 0.6 is 23.5 Å². The normalized spacial score (nSPS) is 19.6. The average molecular weight is 483 g/mol. The van der Waals surface area contributed by atoms with Crippen LogP contribution in [0.2, 0.25) is 0 Å². The van der Waals surface area contributed by atoms with Gasteiger partial charge in [-0.1, -0.05) is 72.4 Å². The Morgan fingerprint density at radius 2 is 1.76 bits per heavy atom. The molecule has 0 aliphatic carbocycles.